The fourth-order valence-electron chi connectivity index (χ4n) is 1.16. The molecule has 78 valence electrons. The molecule has 0 radical (unpaired) electrons. The number of benzene rings is 1. The minimum Gasteiger partial charge on any atom is -0.506 e. The van der Waals surface area contributed by atoms with Gasteiger partial charge < -0.3 is 14.6 Å². The van der Waals surface area contributed by atoms with Crippen molar-refractivity contribution in [3.8, 4) is 17.6 Å². The van der Waals surface area contributed by atoms with Crippen LogP contribution >= 0.6 is 0 Å². The lowest BCUT2D eigenvalue weighted by Crippen LogP contribution is -2.05. The third-order valence-corrected chi connectivity index (χ3v) is 1.86. The predicted octanol–water partition coefficient (Wildman–Crippen LogP) is 1.06. The highest BCUT2D eigenvalue weighted by Crippen LogP contribution is 2.30. The molecule has 0 aliphatic rings. The average molecular weight is 207 g/mol. The van der Waals surface area contributed by atoms with Crippen molar-refractivity contribution in [3.63, 3.8) is 0 Å². The van der Waals surface area contributed by atoms with Crippen LogP contribution in [0.15, 0.2) is 12.1 Å². The number of nitriles is 1. The van der Waals surface area contributed by atoms with E-state index in [1.807, 2.05) is 0 Å². The fraction of sp³-hybridized carbons (Fsp3) is 0.200. The van der Waals surface area contributed by atoms with Crippen LogP contribution in [0.4, 0.5) is 0 Å². The zero-order valence-electron chi connectivity index (χ0n) is 8.27. The number of hydrogen-bond donors (Lipinski definition) is 1. The van der Waals surface area contributed by atoms with Gasteiger partial charge in [-0.3, -0.25) is 0 Å². The molecule has 0 unspecified atom stereocenters. The normalized spacial score (nSPS) is 9.13. The van der Waals surface area contributed by atoms with Gasteiger partial charge in [0.15, 0.2) is 5.75 Å². The van der Waals surface area contributed by atoms with E-state index in [9.17, 15) is 9.90 Å². The Hall–Kier alpha value is -2.22. The molecule has 1 aromatic carbocycles. The summed E-state index contributed by atoms with van der Waals surface area (Å²) in [6, 6.07) is 4.33. The van der Waals surface area contributed by atoms with Crippen molar-refractivity contribution >= 4 is 5.97 Å². The first-order chi connectivity index (χ1) is 7.15. The van der Waals surface area contributed by atoms with Crippen molar-refractivity contribution in [1.29, 1.82) is 5.26 Å². The maximum absolute atomic E-state index is 11.3. The molecule has 1 N–H and O–H groups in total. The van der Waals surface area contributed by atoms with Crippen molar-refractivity contribution in [2.24, 2.45) is 0 Å². The van der Waals surface area contributed by atoms with Crippen molar-refractivity contribution in [3.05, 3.63) is 23.3 Å². The minimum absolute atomic E-state index is 0.0179. The van der Waals surface area contributed by atoms with Gasteiger partial charge in [0.2, 0.25) is 0 Å². The van der Waals surface area contributed by atoms with Crippen molar-refractivity contribution in [1.82, 2.24) is 0 Å². The smallest absolute Gasteiger partial charge is 0.341 e. The lowest BCUT2D eigenvalue weighted by atomic mass is 10.1. The Morgan fingerprint density at radius 1 is 1.47 bits per heavy atom. The number of methoxy groups -OCH3 is 2. The van der Waals surface area contributed by atoms with E-state index in [0.29, 0.717) is 0 Å². The Balaban J connectivity index is 3.43. The predicted molar refractivity (Wildman–Crippen MR) is 50.7 cm³/mol. The van der Waals surface area contributed by atoms with Crippen LogP contribution in [0.1, 0.15) is 15.9 Å². The molecule has 0 saturated carbocycles. The zero-order valence-corrected chi connectivity index (χ0v) is 8.27. The second-order valence-electron chi connectivity index (χ2n) is 2.64. The van der Waals surface area contributed by atoms with E-state index in [1.54, 1.807) is 6.07 Å². The van der Waals surface area contributed by atoms with Gasteiger partial charge in [0.05, 0.1) is 14.2 Å². The molecule has 0 atom stereocenters. The Morgan fingerprint density at radius 2 is 2.13 bits per heavy atom. The second-order valence-corrected chi connectivity index (χ2v) is 2.64. The Morgan fingerprint density at radius 3 is 2.60 bits per heavy atom. The van der Waals surface area contributed by atoms with Crippen LogP contribution in [-0.2, 0) is 4.74 Å². The quantitative estimate of drug-likeness (QED) is 0.733. The van der Waals surface area contributed by atoms with Gasteiger partial charge in [0, 0.05) is 0 Å². The van der Waals surface area contributed by atoms with Crippen molar-refractivity contribution in [2.45, 2.75) is 0 Å². The van der Waals surface area contributed by atoms with Crippen LogP contribution in [0.25, 0.3) is 0 Å². The maximum Gasteiger partial charge on any atom is 0.341 e. The summed E-state index contributed by atoms with van der Waals surface area (Å²) >= 11 is 0. The number of carbonyl (C=O) groups is 1. The third kappa shape index (κ3) is 1.83. The van der Waals surface area contributed by atoms with E-state index in [-0.39, 0.29) is 22.6 Å². The van der Waals surface area contributed by atoms with Crippen LogP contribution < -0.4 is 4.74 Å². The lowest BCUT2D eigenvalue weighted by Gasteiger charge is -2.08. The Kier molecular flexibility index (Phi) is 3.13. The van der Waals surface area contributed by atoms with Crippen LogP contribution in [-0.4, -0.2) is 25.3 Å². The highest BCUT2D eigenvalue weighted by Gasteiger charge is 2.19. The van der Waals surface area contributed by atoms with E-state index in [1.165, 1.54) is 26.4 Å². The summed E-state index contributed by atoms with van der Waals surface area (Å²) in [4.78, 5) is 11.3. The van der Waals surface area contributed by atoms with Gasteiger partial charge in [-0.15, -0.1) is 0 Å². The SMILES string of the molecule is COC(=O)c1ccc(O)c(C#N)c1OC. The minimum atomic E-state index is -0.622. The molecule has 15 heavy (non-hydrogen) atoms. The van der Waals surface area contributed by atoms with Gasteiger partial charge >= 0.3 is 5.97 Å². The highest BCUT2D eigenvalue weighted by molar-refractivity contribution is 5.93. The number of phenols is 1. The van der Waals surface area contributed by atoms with Gasteiger partial charge in [-0.2, -0.15) is 5.26 Å². The first-order valence-corrected chi connectivity index (χ1v) is 4.04. The molecule has 0 fully saturated rings. The van der Waals surface area contributed by atoms with Gasteiger partial charge in [0.25, 0.3) is 0 Å². The van der Waals surface area contributed by atoms with Crippen molar-refractivity contribution < 1.29 is 19.4 Å². The standard InChI is InChI=1S/C10H9NO4/c1-14-9-6(10(13)15-2)3-4-8(12)7(9)5-11/h3-4,12H,1-2H3. The summed E-state index contributed by atoms with van der Waals surface area (Å²) in [5.41, 5.74) is 0.0229. The average Bonchev–Trinajstić information content (AvgIpc) is 2.27. The number of aromatic hydroxyl groups is 1. The summed E-state index contributed by atoms with van der Waals surface area (Å²) in [5.74, 6) is -0.838. The molecule has 1 rings (SSSR count). The van der Waals surface area contributed by atoms with Crippen LogP contribution in [0, 0.1) is 11.3 Å². The lowest BCUT2D eigenvalue weighted by molar-refractivity contribution is 0.0597. The van der Waals surface area contributed by atoms with E-state index >= 15 is 0 Å². The number of nitrogens with zero attached hydrogens (tertiary/aromatic N) is 1. The van der Waals surface area contributed by atoms with Crippen LogP contribution in [0.2, 0.25) is 0 Å². The Labute approximate surface area is 86.5 Å². The van der Waals surface area contributed by atoms with Gasteiger partial charge in [0.1, 0.15) is 22.9 Å². The first kappa shape index (κ1) is 10.9. The number of rotatable bonds is 2. The number of esters is 1. The molecule has 5 nitrogen and oxygen atoms in total. The largest absolute Gasteiger partial charge is 0.506 e. The zero-order chi connectivity index (χ0) is 11.4. The summed E-state index contributed by atoms with van der Waals surface area (Å²) < 4.78 is 9.40. The third-order valence-electron chi connectivity index (χ3n) is 1.86. The summed E-state index contributed by atoms with van der Waals surface area (Å²) in [5, 5.41) is 18.1. The fourth-order valence-corrected chi connectivity index (χ4v) is 1.16. The molecule has 1 aromatic rings. The summed E-state index contributed by atoms with van der Waals surface area (Å²) in [6.45, 7) is 0. The first-order valence-electron chi connectivity index (χ1n) is 4.04. The van der Waals surface area contributed by atoms with Gasteiger partial charge in [-0.05, 0) is 12.1 Å². The Bertz CT molecular complexity index is 434. The number of phenolic OH excluding ortho intramolecular Hbond substituents is 1. The highest BCUT2D eigenvalue weighted by atomic mass is 16.5. The van der Waals surface area contributed by atoms with Gasteiger partial charge in [-0.25, -0.2) is 4.79 Å². The van der Waals surface area contributed by atoms with E-state index in [0.717, 1.165) is 0 Å². The maximum atomic E-state index is 11.3. The molecule has 0 aliphatic heterocycles. The topological polar surface area (TPSA) is 79.5 Å². The van der Waals surface area contributed by atoms with Gasteiger partial charge in [-0.1, -0.05) is 0 Å². The number of hydrogen-bond acceptors (Lipinski definition) is 5. The monoisotopic (exact) mass is 207 g/mol. The summed E-state index contributed by atoms with van der Waals surface area (Å²) in [6.07, 6.45) is 0. The van der Waals surface area contributed by atoms with E-state index in [2.05, 4.69) is 4.74 Å². The molecule has 0 spiro atoms. The molecule has 5 heteroatoms. The summed E-state index contributed by atoms with van der Waals surface area (Å²) in [7, 11) is 2.53. The van der Waals surface area contributed by atoms with E-state index in [4.69, 9.17) is 10.00 Å². The van der Waals surface area contributed by atoms with E-state index < -0.39 is 5.97 Å². The molecule has 0 aromatic heterocycles. The second kappa shape index (κ2) is 4.33. The van der Waals surface area contributed by atoms with Crippen LogP contribution in [0.5, 0.6) is 11.5 Å². The molecule has 0 saturated heterocycles. The molecule has 0 bridgehead atoms. The molecular formula is C10H9NO4. The van der Waals surface area contributed by atoms with Crippen LogP contribution in [0.3, 0.4) is 0 Å². The number of ether oxygens (including phenoxy) is 2. The molecule has 0 aliphatic carbocycles. The molecular weight excluding hydrogens is 198 g/mol. The van der Waals surface area contributed by atoms with Crippen molar-refractivity contribution in [2.75, 3.05) is 14.2 Å². The molecule has 0 heterocycles. The number of carbonyl (C=O) groups excluding carboxylic acids is 1. The molecule has 0 amide bonds.